The van der Waals surface area contributed by atoms with Crippen LogP contribution in [0, 0.1) is 0 Å². The number of amides is 4. The van der Waals surface area contributed by atoms with Crippen LogP contribution in [0.25, 0.3) is 0 Å². The van der Waals surface area contributed by atoms with Gasteiger partial charge in [0.1, 0.15) is 12.1 Å². The van der Waals surface area contributed by atoms with Crippen LogP contribution in [0.15, 0.2) is 0 Å². The molecule has 0 atom stereocenters. The number of urea groups is 1. The van der Waals surface area contributed by atoms with Crippen LogP contribution < -0.4 is 10.6 Å². The molecule has 0 bridgehead atoms. The van der Waals surface area contributed by atoms with Crippen molar-refractivity contribution in [1.29, 1.82) is 0 Å². The number of nitrogens with one attached hydrogen (secondary N) is 2. The molecule has 0 spiro atoms. The Kier molecular flexibility index (Phi) is 2.81. The summed E-state index contributed by atoms with van der Waals surface area (Å²) in [4.78, 5) is 36.2. The van der Waals surface area contributed by atoms with Gasteiger partial charge in [-0.05, 0) is 33.1 Å². The van der Waals surface area contributed by atoms with Crippen LogP contribution in [0.3, 0.4) is 0 Å². The van der Waals surface area contributed by atoms with Gasteiger partial charge < -0.3 is 10.2 Å². The van der Waals surface area contributed by atoms with Crippen molar-refractivity contribution in [1.82, 2.24) is 15.5 Å². The minimum Gasteiger partial charge on any atom is -0.335 e. The molecule has 1 saturated carbocycles. The van der Waals surface area contributed by atoms with Gasteiger partial charge in [0.25, 0.3) is 5.91 Å². The minimum absolute atomic E-state index is 0.0721. The molecule has 6 nitrogen and oxygen atoms in total. The third-order valence-electron chi connectivity index (χ3n) is 3.46. The average Bonchev–Trinajstić information content (AvgIpc) is 2.17. The quantitative estimate of drug-likeness (QED) is 0.631. The monoisotopic (exact) mass is 239 g/mol. The Morgan fingerprint density at radius 1 is 1.41 bits per heavy atom. The van der Waals surface area contributed by atoms with E-state index in [0.29, 0.717) is 0 Å². The first-order valence-corrected chi connectivity index (χ1v) is 5.83. The Balaban J connectivity index is 2.08. The van der Waals surface area contributed by atoms with Gasteiger partial charge in [0, 0.05) is 6.04 Å². The van der Waals surface area contributed by atoms with Crippen LogP contribution >= 0.6 is 0 Å². The van der Waals surface area contributed by atoms with Gasteiger partial charge in [-0.3, -0.25) is 14.9 Å². The van der Waals surface area contributed by atoms with Crippen LogP contribution in [0.4, 0.5) is 4.79 Å². The molecular weight excluding hydrogens is 222 g/mol. The number of nitrogens with zero attached hydrogens (tertiary/aromatic N) is 1. The Bertz CT molecular complexity index is 374. The highest BCUT2D eigenvalue weighted by Gasteiger charge is 2.44. The zero-order chi connectivity index (χ0) is 12.6. The molecule has 0 aromatic rings. The van der Waals surface area contributed by atoms with Crippen molar-refractivity contribution in [2.45, 2.75) is 44.7 Å². The number of carbonyl (C=O) groups is 3. The molecule has 2 fully saturated rings. The second kappa shape index (κ2) is 4.01. The zero-order valence-corrected chi connectivity index (χ0v) is 10.1. The molecule has 2 rings (SSSR count). The number of piperazine rings is 1. The predicted octanol–water partition coefficient (Wildman–Crippen LogP) is -0.0145. The Labute approximate surface area is 99.7 Å². The molecule has 17 heavy (non-hydrogen) atoms. The smallest absolute Gasteiger partial charge is 0.318 e. The summed E-state index contributed by atoms with van der Waals surface area (Å²) in [5.74, 6) is -0.865. The Hall–Kier alpha value is -1.59. The van der Waals surface area contributed by atoms with Crippen molar-refractivity contribution in [2.24, 2.45) is 0 Å². The van der Waals surface area contributed by atoms with Crippen molar-refractivity contribution < 1.29 is 14.4 Å². The molecule has 1 aliphatic carbocycles. The van der Waals surface area contributed by atoms with Crippen LogP contribution in [-0.2, 0) is 9.59 Å². The predicted molar refractivity (Wildman–Crippen MR) is 60.1 cm³/mol. The van der Waals surface area contributed by atoms with E-state index in [1.807, 2.05) is 0 Å². The first-order valence-electron chi connectivity index (χ1n) is 5.83. The fraction of sp³-hybridized carbons (Fsp3) is 0.727. The average molecular weight is 239 g/mol. The molecule has 6 heteroatoms. The highest BCUT2D eigenvalue weighted by Crippen LogP contribution is 2.21. The number of imide groups is 1. The SMILES string of the molecule is CC1(C)C(=O)NC(=O)CN1C(=O)NC1CCC1. The lowest BCUT2D eigenvalue weighted by atomic mass is 9.93. The van der Waals surface area contributed by atoms with Crippen molar-refractivity contribution in [3.63, 3.8) is 0 Å². The van der Waals surface area contributed by atoms with Gasteiger partial charge in [-0.2, -0.15) is 0 Å². The molecular formula is C11H17N3O3. The molecule has 1 heterocycles. The molecule has 2 aliphatic rings. The van der Waals surface area contributed by atoms with Crippen molar-refractivity contribution >= 4 is 17.8 Å². The summed E-state index contributed by atoms with van der Waals surface area (Å²) < 4.78 is 0. The van der Waals surface area contributed by atoms with Gasteiger partial charge in [-0.15, -0.1) is 0 Å². The van der Waals surface area contributed by atoms with E-state index in [2.05, 4.69) is 10.6 Å². The highest BCUT2D eigenvalue weighted by atomic mass is 16.2. The first kappa shape index (κ1) is 11.9. The summed E-state index contributed by atoms with van der Waals surface area (Å²) in [6.45, 7) is 3.20. The second-order valence-corrected chi connectivity index (χ2v) is 5.10. The van der Waals surface area contributed by atoms with Gasteiger partial charge in [0.2, 0.25) is 5.91 Å². The molecule has 94 valence electrons. The number of rotatable bonds is 1. The second-order valence-electron chi connectivity index (χ2n) is 5.10. The summed E-state index contributed by atoms with van der Waals surface area (Å²) >= 11 is 0. The van der Waals surface area contributed by atoms with Gasteiger partial charge in [-0.1, -0.05) is 0 Å². The van der Waals surface area contributed by atoms with E-state index in [1.165, 1.54) is 4.90 Å². The fourth-order valence-corrected chi connectivity index (χ4v) is 1.91. The van der Waals surface area contributed by atoms with Gasteiger partial charge in [-0.25, -0.2) is 4.79 Å². The van der Waals surface area contributed by atoms with Gasteiger partial charge in [0.15, 0.2) is 0 Å². The Morgan fingerprint density at radius 3 is 2.59 bits per heavy atom. The number of hydrogen-bond donors (Lipinski definition) is 2. The van der Waals surface area contributed by atoms with E-state index in [0.717, 1.165) is 19.3 Å². The van der Waals surface area contributed by atoms with Crippen LogP contribution in [0.1, 0.15) is 33.1 Å². The maximum absolute atomic E-state index is 12.0. The highest BCUT2D eigenvalue weighted by molar-refractivity contribution is 6.05. The molecule has 0 aromatic carbocycles. The standard InChI is InChI=1S/C11H17N3O3/c1-11(2)9(16)13-8(15)6-14(11)10(17)12-7-4-3-5-7/h7H,3-6H2,1-2H3,(H,12,17)(H,13,15,16). The molecule has 4 amide bonds. The number of hydrogen-bond acceptors (Lipinski definition) is 3. The lowest BCUT2D eigenvalue weighted by molar-refractivity contribution is -0.142. The molecule has 1 saturated heterocycles. The van der Waals surface area contributed by atoms with Gasteiger partial charge in [0.05, 0.1) is 0 Å². The summed E-state index contributed by atoms with van der Waals surface area (Å²) in [5, 5.41) is 5.07. The number of carbonyl (C=O) groups excluding carboxylic acids is 3. The van der Waals surface area contributed by atoms with E-state index in [-0.39, 0.29) is 18.6 Å². The molecule has 0 aromatic heterocycles. The van der Waals surface area contributed by atoms with Crippen molar-refractivity contribution in [3.05, 3.63) is 0 Å². The van der Waals surface area contributed by atoms with E-state index in [4.69, 9.17) is 0 Å². The fourth-order valence-electron chi connectivity index (χ4n) is 1.91. The molecule has 1 aliphatic heterocycles. The molecule has 2 N–H and O–H groups in total. The van der Waals surface area contributed by atoms with Crippen molar-refractivity contribution in [3.8, 4) is 0 Å². The molecule has 0 radical (unpaired) electrons. The van der Waals surface area contributed by atoms with E-state index >= 15 is 0 Å². The summed E-state index contributed by atoms with van der Waals surface area (Å²) in [6, 6.07) is -0.138. The summed E-state index contributed by atoms with van der Waals surface area (Å²) in [6.07, 6.45) is 3.06. The Morgan fingerprint density at radius 2 is 2.06 bits per heavy atom. The third kappa shape index (κ3) is 2.11. The van der Waals surface area contributed by atoms with Gasteiger partial charge >= 0.3 is 6.03 Å². The third-order valence-corrected chi connectivity index (χ3v) is 3.46. The van der Waals surface area contributed by atoms with Crippen LogP contribution in [0.5, 0.6) is 0 Å². The van der Waals surface area contributed by atoms with E-state index in [1.54, 1.807) is 13.8 Å². The topological polar surface area (TPSA) is 78.5 Å². The maximum Gasteiger partial charge on any atom is 0.318 e. The van der Waals surface area contributed by atoms with E-state index in [9.17, 15) is 14.4 Å². The van der Waals surface area contributed by atoms with Crippen LogP contribution in [0.2, 0.25) is 0 Å². The molecule has 0 unspecified atom stereocenters. The summed E-state index contributed by atoms with van der Waals surface area (Å²) in [5.41, 5.74) is -0.984. The normalized spacial score (nSPS) is 24.0. The lowest BCUT2D eigenvalue weighted by Crippen LogP contribution is -2.67. The van der Waals surface area contributed by atoms with E-state index < -0.39 is 17.4 Å². The zero-order valence-electron chi connectivity index (χ0n) is 10.1. The van der Waals surface area contributed by atoms with Crippen LogP contribution in [-0.4, -0.2) is 40.9 Å². The lowest BCUT2D eigenvalue weighted by Gasteiger charge is -2.41. The summed E-state index contributed by atoms with van der Waals surface area (Å²) in [7, 11) is 0. The first-order chi connectivity index (χ1) is 7.91. The maximum atomic E-state index is 12.0. The minimum atomic E-state index is -0.984. The largest absolute Gasteiger partial charge is 0.335 e. The van der Waals surface area contributed by atoms with Crippen molar-refractivity contribution in [2.75, 3.05) is 6.54 Å².